The number of carbonyl (C=O) groups is 1. The Labute approximate surface area is 113 Å². The lowest BCUT2D eigenvalue weighted by molar-refractivity contribution is -0.163. The van der Waals surface area contributed by atoms with E-state index in [1.54, 1.807) is 0 Å². The zero-order valence-corrected chi connectivity index (χ0v) is 10.4. The second-order valence-electron chi connectivity index (χ2n) is 4.57. The first-order chi connectivity index (χ1) is 9.38. The van der Waals surface area contributed by atoms with E-state index in [0.717, 1.165) is 0 Å². The average molecular weight is 283 g/mol. The molecule has 0 aromatic heterocycles. The molecular formula is C14H12F3NO2. The van der Waals surface area contributed by atoms with Crippen LogP contribution in [-0.4, -0.2) is 29.3 Å². The smallest absolute Gasteiger partial charge is 0.384 e. The van der Waals surface area contributed by atoms with Crippen molar-refractivity contribution in [2.45, 2.75) is 24.6 Å². The van der Waals surface area contributed by atoms with Crippen LogP contribution < -0.4 is 5.32 Å². The summed E-state index contributed by atoms with van der Waals surface area (Å²) in [4.78, 5) is 11.8. The molecule has 1 saturated carbocycles. The number of nitrogens with one attached hydrogen (secondary N) is 1. The number of amides is 1. The van der Waals surface area contributed by atoms with Crippen molar-refractivity contribution in [1.29, 1.82) is 0 Å². The molecule has 1 aliphatic carbocycles. The van der Waals surface area contributed by atoms with Gasteiger partial charge in [0.05, 0.1) is 0 Å². The Hall–Kier alpha value is -2.00. The maximum Gasteiger partial charge on any atom is 0.411 e. The van der Waals surface area contributed by atoms with Crippen LogP contribution in [0.15, 0.2) is 24.3 Å². The highest BCUT2D eigenvalue weighted by molar-refractivity contribution is 5.95. The fraction of sp³-hybridized carbons (Fsp3) is 0.357. The Morgan fingerprint density at radius 3 is 2.35 bits per heavy atom. The molecule has 20 heavy (non-hydrogen) atoms. The van der Waals surface area contributed by atoms with Crippen LogP contribution in [-0.2, 0) is 0 Å². The topological polar surface area (TPSA) is 49.3 Å². The van der Waals surface area contributed by atoms with Gasteiger partial charge in [0.25, 0.3) is 5.91 Å². The number of halogens is 3. The summed E-state index contributed by atoms with van der Waals surface area (Å²) in [6.45, 7) is -0.281. The van der Waals surface area contributed by atoms with Crippen molar-refractivity contribution >= 4 is 5.91 Å². The highest BCUT2D eigenvalue weighted by Crippen LogP contribution is 2.49. The highest BCUT2D eigenvalue weighted by atomic mass is 19.4. The van der Waals surface area contributed by atoms with Gasteiger partial charge in [-0.05, 0) is 37.1 Å². The molecule has 0 heterocycles. The van der Waals surface area contributed by atoms with Gasteiger partial charge in [-0.15, -0.1) is 0 Å². The SMILES string of the molecule is O=C(NC1(C(F)(F)F)CC1)c1ccc(C#CCO)cc1. The van der Waals surface area contributed by atoms with Crippen molar-refractivity contribution in [3.05, 3.63) is 35.4 Å². The van der Waals surface area contributed by atoms with Gasteiger partial charge in [-0.1, -0.05) is 11.8 Å². The molecule has 1 fully saturated rings. The lowest BCUT2D eigenvalue weighted by atomic mass is 10.1. The second kappa shape index (κ2) is 5.17. The van der Waals surface area contributed by atoms with Gasteiger partial charge in [0.15, 0.2) is 0 Å². The first-order valence-electron chi connectivity index (χ1n) is 5.97. The van der Waals surface area contributed by atoms with Crippen LogP contribution in [0.3, 0.4) is 0 Å². The third kappa shape index (κ3) is 2.94. The normalized spacial score (nSPS) is 16.0. The van der Waals surface area contributed by atoms with Crippen LogP contribution in [0.5, 0.6) is 0 Å². The molecule has 1 aromatic rings. The molecule has 1 aromatic carbocycles. The number of rotatable bonds is 2. The Kier molecular flexibility index (Phi) is 3.73. The molecule has 2 N–H and O–H groups in total. The lowest BCUT2D eigenvalue weighted by Gasteiger charge is -2.20. The summed E-state index contributed by atoms with van der Waals surface area (Å²) in [6, 6.07) is 5.85. The van der Waals surface area contributed by atoms with Gasteiger partial charge in [0.1, 0.15) is 12.1 Å². The van der Waals surface area contributed by atoms with Crippen LogP contribution in [0.25, 0.3) is 0 Å². The van der Waals surface area contributed by atoms with Crippen molar-refractivity contribution in [2.75, 3.05) is 6.61 Å². The molecule has 0 saturated heterocycles. The molecule has 0 atom stereocenters. The molecule has 0 aliphatic heterocycles. The van der Waals surface area contributed by atoms with E-state index in [0.29, 0.717) is 5.56 Å². The molecule has 1 aliphatic rings. The van der Waals surface area contributed by atoms with Crippen LogP contribution >= 0.6 is 0 Å². The minimum Gasteiger partial charge on any atom is -0.384 e. The summed E-state index contributed by atoms with van der Waals surface area (Å²) in [5, 5.41) is 10.6. The van der Waals surface area contributed by atoms with Gasteiger partial charge in [-0.3, -0.25) is 4.79 Å². The predicted molar refractivity (Wildman–Crippen MR) is 65.9 cm³/mol. The van der Waals surface area contributed by atoms with E-state index in [9.17, 15) is 18.0 Å². The maximum atomic E-state index is 12.7. The van der Waals surface area contributed by atoms with Gasteiger partial charge in [0.2, 0.25) is 0 Å². The summed E-state index contributed by atoms with van der Waals surface area (Å²) in [7, 11) is 0. The number of aliphatic hydroxyl groups is 1. The van der Waals surface area contributed by atoms with Gasteiger partial charge in [-0.2, -0.15) is 13.2 Å². The van der Waals surface area contributed by atoms with Gasteiger partial charge in [-0.25, -0.2) is 0 Å². The largest absolute Gasteiger partial charge is 0.411 e. The third-order valence-electron chi connectivity index (χ3n) is 3.10. The number of alkyl halides is 3. The molecule has 106 valence electrons. The van der Waals surface area contributed by atoms with Crippen LogP contribution in [0.1, 0.15) is 28.8 Å². The van der Waals surface area contributed by atoms with Crippen LogP contribution in [0, 0.1) is 11.8 Å². The predicted octanol–water partition coefficient (Wildman–Crippen LogP) is 1.86. The monoisotopic (exact) mass is 283 g/mol. The Morgan fingerprint density at radius 1 is 1.30 bits per heavy atom. The zero-order chi connectivity index (χ0) is 14.8. The molecular weight excluding hydrogens is 271 g/mol. The summed E-state index contributed by atoms with van der Waals surface area (Å²) >= 11 is 0. The standard InChI is InChI=1S/C14H12F3NO2/c15-14(16,17)13(7-8-13)18-12(20)11-5-3-10(4-6-11)2-1-9-19/h3-6,19H,7-9H2,(H,18,20). The lowest BCUT2D eigenvalue weighted by Crippen LogP contribution is -2.47. The van der Waals surface area contributed by atoms with Crippen molar-refractivity contribution in [3.63, 3.8) is 0 Å². The molecule has 0 unspecified atom stereocenters. The average Bonchev–Trinajstić information content (AvgIpc) is 3.17. The summed E-state index contributed by atoms with van der Waals surface area (Å²) < 4.78 is 38.2. The van der Waals surface area contributed by atoms with E-state index in [2.05, 4.69) is 11.8 Å². The van der Waals surface area contributed by atoms with Gasteiger partial charge < -0.3 is 10.4 Å². The number of hydrogen-bond acceptors (Lipinski definition) is 2. The van der Waals surface area contributed by atoms with E-state index < -0.39 is 17.6 Å². The molecule has 0 radical (unpaired) electrons. The molecule has 1 amide bonds. The number of carbonyl (C=O) groups excluding carboxylic acids is 1. The second-order valence-corrected chi connectivity index (χ2v) is 4.57. The van der Waals surface area contributed by atoms with Gasteiger partial charge >= 0.3 is 6.18 Å². The van der Waals surface area contributed by atoms with E-state index in [1.807, 2.05) is 5.32 Å². The molecule has 0 bridgehead atoms. The van der Waals surface area contributed by atoms with Crippen molar-refractivity contribution in [2.24, 2.45) is 0 Å². The number of aliphatic hydroxyl groups excluding tert-OH is 1. The summed E-state index contributed by atoms with van der Waals surface area (Å²) in [5.41, 5.74) is -1.33. The first-order valence-corrected chi connectivity index (χ1v) is 5.97. The van der Waals surface area contributed by atoms with E-state index in [1.165, 1.54) is 24.3 Å². The first kappa shape index (κ1) is 14.4. The van der Waals surface area contributed by atoms with Gasteiger partial charge in [0, 0.05) is 11.1 Å². The van der Waals surface area contributed by atoms with Crippen LogP contribution in [0.2, 0.25) is 0 Å². The van der Waals surface area contributed by atoms with Crippen LogP contribution in [0.4, 0.5) is 13.2 Å². The number of benzene rings is 1. The summed E-state index contributed by atoms with van der Waals surface area (Å²) in [6.07, 6.45) is -4.58. The fourth-order valence-electron chi connectivity index (χ4n) is 1.74. The zero-order valence-electron chi connectivity index (χ0n) is 10.4. The fourth-order valence-corrected chi connectivity index (χ4v) is 1.74. The Balaban J connectivity index is 2.07. The van der Waals surface area contributed by atoms with E-state index in [4.69, 9.17) is 5.11 Å². The molecule has 3 nitrogen and oxygen atoms in total. The quantitative estimate of drug-likeness (QED) is 0.814. The van der Waals surface area contributed by atoms with Crippen molar-refractivity contribution < 1.29 is 23.1 Å². The van der Waals surface area contributed by atoms with Crippen molar-refractivity contribution in [1.82, 2.24) is 5.32 Å². The maximum absolute atomic E-state index is 12.7. The molecule has 2 rings (SSSR count). The van der Waals surface area contributed by atoms with E-state index in [-0.39, 0.29) is 25.0 Å². The van der Waals surface area contributed by atoms with Crippen molar-refractivity contribution in [3.8, 4) is 11.8 Å². The third-order valence-corrected chi connectivity index (χ3v) is 3.10. The minimum atomic E-state index is -4.42. The van der Waals surface area contributed by atoms with E-state index >= 15 is 0 Å². The Bertz CT molecular complexity index is 563. The highest BCUT2D eigenvalue weighted by Gasteiger charge is 2.64. The molecule has 0 spiro atoms. The minimum absolute atomic E-state index is 0.0811. The number of hydrogen-bond donors (Lipinski definition) is 2. The molecule has 6 heteroatoms. The Morgan fingerprint density at radius 2 is 1.90 bits per heavy atom. The summed E-state index contributed by atoms with van der Waals surface area (Å²) in [5.74, 6) is 4.32.